The van der Waals surface area contributed by atoms with Gasteiger partial charge < -0.3 is 10.6 Å². The highest BCUT2D eigenvalue weighted by molar-refractivity contribution is 5.45. The molecule has 20 heavy (non-hydrogen) atoms. The fourth-order valence-corrected chi connectivity index (χ4v) is 1.32. The molecule has 1 aromatic rings. The van der Waals surface area contributed by atoms with Gasteiger partial charge in [-0.3, -0.25) is 4.98 Å². The number of nitrogens with zero attached hydrogens (tertiary/aromatic N) is 1. The van der Waals surface area contributed by atoms with Crippen LogP contribution in [0.25, 0.3) is 0 Å². The summed E-state index contributed by atoms with van der Waals surface area (Å²) in [6, 6.07) is 3.17. The van der Waals surface area contributed by atoms with E-state index in [1.165, 1.54) is 6.20 Å². The average Bonchev–Trinajstić information content (AvgIpc) is 2.26. The average molecular weight is 287 g/mol. The molecule has 1 rings (SSSR count). The molecule has 1 atom stereocenters. The van der Waals surface area contributed by atoms with E-state index in [1.807, 2.05) is 27.7 Å². The summed E-state index contributed by atoms with van der Waals surface area (Å²) in [5.41, 5.74) is 0.331. The van der Waals surface area contributed by atoms with Crippen molar-refractivity contribution < 1.29 is 13.2 Å². The molecule has 0 aromatic carbocycles. The van der Waals surface area contributed by atoms with E-state index in [-0.39, 0.29) is 23.4 Å². The minimum absolute atomic E-state index is 0.0899. The summed E-state index contributed by atoms with van der Waals surface area (Å²) in [5, 5.41) is 5.57. The van der Waals surface area contributed by atoms with E-state index in [9.17, 15) is 13.2 Å². The summed E-state index contributed by atoms with van der Waals surface area (Å²) < 4.78 is 37.8. The standard InChI is InChI=1S/C14H20F3N3/c1-10(13(2,3)4)19-12(8-14(15,16)17)20-11-6-5-7-18-9-11/h5-10,19-20H,1-4H3/b12-8-/t10-/m1/s1. The molecule has 0 fully saturated rings. The van der Waals surface area contributed by atoms with Crippen LogP contribution >= 0.6 is 0 Å². The first-order chi connectivity index (χ1) is 9.08. The van der Waals surface area contributed by atoms with Gasteiger partial charge in [0.2, 0.25) is 0 Å². The number of allylic oxidation sites excluding steroid dienone is 1. The Balaban J connectivity index is 2.90. The zero-order chi connectivity index (χ0) is 15.4. The molecule has 0 unspecified atom stereocenters. The Morgan fingerprint density at radius 3 is 2.40 bits per heavy atom. The van der Waals surface area contributed by atoms with Gasteiger partial charge in [-0.25, -0.2) is 0 Å². The molecular weight excluding hydrogens is 267 g/mol. The summed E-state index contributed by atoms with van der Waals surface area (Å²) in [4.78, 5) is 3.86. The lowest BCUT2D eigenvalue weighted by molar-refractivity contribution is -0.0808. The van der Waals surface area contributed by atoms with Gasteiger partial charge in [-0.2, -0.15) is 13.2 Å². The van der Waals surface area contributed by atoms with Crippen LogP contribution in [0.3, 0.4) is 0 Å². The van der Waals surface area contributed by atoms with Crippen molar-refractivity contribution in [3.63, 3.8) is 0 Å². The number of pyridine rings is 1. The number of anilines is 1. The molecule has 0 spiro atoms. The van der Waals surface area contributed by atoms with Gasteiger partial charge in [-0.05, 0) is 24.5 Å². The van der Waals surface area contributed by atoms with Crippen LogP contribution < -0.4 is 10.6 Å². The number of halogens is 3. The van der Waals surface area contributed by atoms with Crippen LogP contribution in [0, 0.1) is 5.41 Å². The first-order valence-electron chi connectivity index (χ1n) is 6.31. The van der Waals surface area contributed by atoms with E-state index >= 15 is 0 Å². The van der Waals surface area contributed by atoms with Gasteiger partial charge in [-0.15, -0.1) is 0 Å². The monoisotopic (exact) mass is 287 g/mol. The number of rotatable bonds is 4. The Bertz CT molecular complexity index is 447. The van der Waals surface area contributed by atoms with Crippen LogP contribution in [0.1, 0.15) is 27.7 Å². The predicted octanol–water partition coefficient (Wildman–Crippen LogP) is 3.92. The van der Waals surface area contributed by atoms with Crippen molar-refractivity contribution in [1.29, 1.82) is 0 Å². The third-order valence-electron chi connectivity index (χ3n) is 2.92. The molecular formula is C14H20F3N3. The fourth-order valence-electron chi connectivity index (χ4n) is 1.32. The van der Waals surface area contributed by atoms with Crippen LogP contribution in [0.4, 0.5) is 18.9 Å². The molecule has 1 aromatic heterocycles. The number of hydrogen-bond acceptors (Lipinski definition) is 3. The molecule has 0 aliphatic rings. The zero-order valence-electron chi connectivity index (χ0n) is 12.0. The normalized spacial score (nSPS) is 14.8. The smallest absolute Gasteiger partial charge is 0.369 e. The Labute approximate surface area is 117 Å². The minimum Gasteiger partial charge on any atom is -0.369 e. The Kier molecular flexibility index (Phi) is 5.03. The van der Waals surface area contributed by atoms with Crippen LogP contribution in [0.15, 0.2) is 36.4 Å². The Morgan fingerprint density at radius 1 is 1.30 bits per heavy atom. The maximum atomic E-state index is 12.6. The fraction of sp³-hybridized carbons (Fsp3) is 0.500. The second-order valence-electron chi connectivity index (χ2n) is 5.70. The summed E-state index contributed by atoms with van der Waals surface area (Å²) in [7, 11) is 0. The van der Waals surface area contributed by atoms with E-state index in [2.05, 4.69) is 15.6 Å². The lowest BCUT2D eigenvalue weighted by atomic mass is 9.88. The molecule has 6 heteroatoms. The molecule has 0 aliphatic carbocycles. The van der Waals surface area contributed by atoms with Crippen LogP contribution in [0.2, 0.25) is 0 Å². The SMILES string of the molecule is C[C@@H](N/C(=C/C(F)(F)F)Nc1cccnc1)C(C)(C)C. The molecule has 2 N–H and O–H groups in total. The van der Waals surface area contributed by atoms with Gasteiger partial charge in [0.05, 0.1) is 18.0 Å². The number of hydrogen-bond donors (Lipinski definition) is 2. The van der Waals surface area contributed by atoms with Gasteiger partial charge in [0.15, 0.2) is 0 Å². The summed E-state index contributed by atoms with van der Waals surface area (Å²) in [6.45, 7) is 7.72. The molecule has 0 saturated carbocycles. The van der Waals surface area contributed by atoms with Crippen LogP contribution in [0.5, 0.6) is 0 Å². The highest BCUT2D eigenvalue weighted by Gasteiger charge is 2.27. The second kappa shape index (κ2) is 6.15. The van der Waals surface area contributed by atoms with E-state index in [0.29, 0.717) is 5.69 Å². The van der Waals surface area contributed by atoms with Gasteiger partial charge in [0.1, 0.15) is 5.82 Å². The first-order valence-corrected chi connectivity index (χ1v) is 6.31. The van der Waals surface area contributed by atoms with Crippen molar-refractivity contribution in [1.82, 2.24) is 10.3 Å². The molecule has 0 saturated heterocycles. The molecule has 3 nitrogen and oxygen atoms in total. The number of nitrogens with one attached hydrogen (secondary N) is 2. The lowest BCUT2D eigenvalue weighted by Crippen LogP contribution is -2.39. The summed E-state index contributed by atoms with van der Waals surface area (Å²) in [6.07, 6.45) is -1.14. The second-order valence-corrected chi connectivity index (χ2v) is 5.70. The minimum atomic E-state index is -4.39. The quantitative estimate of drug-likeness (QED) is 0.881. The Morgan fingerprint density at radius 2 is 1.95 bits per heavy atom. The maximum absolute atomic E-state index is 12.6. The maximum Gasteiger partial charge on any atom is 0.413 e. The molecule has 0 bridgehead atoms. The predicted molar refractivity (Wildman–Crippen MR) is 74.1 cm³/mol. The van der Waals surface area contributed by atoms with E-state index < -0.39 is 6.18 Å². The highest BCUT2D eigenvalue weighted by Crippen LogP contribution is 2.23. The topological polar surface area (TPSA) is 37.0 Å². The van der Waals surface area contributed by atoms with Crippen molar-refractivity contribution in [3.8, 4) is 0 Å². The number of aromatic nitrogens is 1. The van der Waals surface area contributed by atoms with Crippen molar-refractivity contribution in [3.05, 3.63) is 36.4 Å². The Hall–Kier alpha value is -1.72. The van der Waals surface area contributed by atoms with E-state index in [4.69, 9.17) is 0 Å². The van der Waals surface area contributed by atoms with Crippen molar-refractivity contribution in [2.24, 2.45) is 5.41 Å². The van der Waals surface area contributed by atoms with E-state index in [0.717, 1.165) is 0 Å². The molecule has 0 radical (unpaired) electrons. The van der Waals surface area contributed by atoms with Gasteiger partial charge in [0.25, 0.3) is 0 Å². The van der Waals surface area contributed by atoms with Gasteiger partial charge in [-0.1, -0.05) is 20.8 Å². The van der Waals surface area contributed by atoms with Crippen molar-refractivity contribution >= 4 is 5.69 Å². The van der Waals surface area contributed by atoms with Gasteiger partial charge in [0, 0.05) is 12.2 Å². The molecule has 0 amide bonds. The van der Waals surface area contributed by atoms with Crippen LogP contribution in [-0.2, 0) is 0 Å². The van der Waals surface area contributed by atoms with Crippen molar-refractivity contribution in [2.45, 2.75) is 39.9 Å². The molecule has 0 aliphatic heterocycles. The largest absolute Gasteiger partial charge is 0.413 e. The molecule has 1 heterocycles. The number of alkyl halides is 3. The summed E-state index contributed by atoms with van der Waals surface area (Å²) in [5.74, 6) is -0.0899. The lowest BCUT2D eigenvalue weighted by Gasteiger charge is -2.30. The highest BCUT2D eigenvalue weighted by atomic mass is 19.4. The van der Waals surface area contributed by atoms with E-state index in [1.54, 1.807) is 18.3 Å². The molecule has 112 valence electrons. The van der Waals surface area contributed by atoms with Crippen molar-refractivity contribution in [2.75, 3.05) is 5.32 Å². The first kappa shape index (κ1) is 16.3. The summed E-state index contributed by atoms with van der Waals surface area (Å²) >= 11 is 0. The zero-order valence-corrected chi connectivity index (χ0v) is 12.0. The third-order valence-corrected chi connectivity index (χ3v) is 2.92. The van der Waals surface area contributed by atoms with Crippen LogP contribution in [-0.4, -0.2) is 17.2 Å². The third kappa shape index (κ3) is 5.95. The van der Waals surface area contributed by atoms with Gasteiger partial charge >= 0.3 is 6.18 Å².